The number of aromatic nitrogens is 1. The summed E-state index contributed by atoms with van der Waals surface area (Å²) in [6.45, 7) is 3.68. The van der Waals surface area contributed by atoms with Gasteiger partial charge in [-0.1, -0.05) is 18.6 Å². The summed E-state index contributed by atoms with van der Waals surface area (Å²) in [5.74, 6) is 0.858. The maximum absolute atomic E-state index is 11.7. The standard InChI is InChI=1S/C15H21NO2/c1-3-4-5-6-7-8-14(17)11-13-9-10-15(18-2)16-12-13/h3,9-10,12H,1,4-8,11H2,2H3. The lowest BCUT2D eigenvalue weighted by Gasteiger charge is -2.02. The van der Waals surface area contributed by atoms with E-state index in [0.717, 1.165) is 31.2 Å². The molecule has 98 valence electrons. The van der Waals surface area contributed by atoms with Crippen LogP contribution in [-0.4, -0.2) is 17.9 Å². The third-order valence-corrected chi connectivity index (χ3v) is 2.77. The molecular weight excluding hydrogens is 226 g/mol. The molecule has 0 aliphatic carbocycles. The van der Waals surface area contributed by atoms with Crippen molar-refractivity contribution < 1.29 is 9.53 Å². The van der Waals surface area contributed by atoms with Crippen molar-refractivity contribution in [3.05, 3.63) is 36.5 Å². The maximum Gasteiger partial charge on any atom is 0.212 e. The minimum Gasteiger partial charge on any atom is -0.481 e. The molecule has 0 unspecified atom stereocenters. The number of carbonyl (C=O) groups excluding carboxylic acids is 1. The number of hydrogen-bond acceptors (Lipinski definition) is 3. The van der Waals surface area contributed by atoms with E-state index in [1.54, 1.807) is 19.4 Å². The second kappa shape index (κ2) is 8.45. The van der Waals surface area contributed by atoms with Crippen molar-refractivity contribution in [1.29, 1.82) is 0 Å². The Kier molecular flexibility index (Phi) is 6.77. The topological polar surface area (TPSA) is 39.2 Å². The number of rotatable bonds is 9. The summed E-state index contributed by atoms with van der Waals surface area (Å²) in [6, 6.07) is 3.67. The fourth-order valence-electron chi connectivity index (χ4n) is 1.74. The van der Waals surface area contributed by atoms with Gasteiger partial charge in [0.05, 0.1) is 7.11 Å². The molecule has 18 heavy (non-hydrogen) atoms. The lowest BCUT2D eigenvalue weighted by molar-refractivity contribution is -0.118. The molecule has 3 nitrogen and oxygen atoms in total. The molecule has 1 heterocycles. The SMILES string of the molecule is C=CCCCCCC(=O)Cc1ccc(OC)nc1. The van der Waals surface area contributed by atoms with Gasteiger partial charge in [-0.05, 0) is 24.8 Å². The Balaban J connectivity index is 2.24. The van der Waals surface area contributed by atoms with Crippen molar-refractivity contribution in [2.45, 2.75) is 38.5 Å². The average molecular weight is 247 g/mol. The number of Topliss-reactive ketones (excluding diaryl/α,β-unsaturated/α-hetero) is 1. The van der Waals surface area contributed by atoms with Gasteiger partial charge in [0, 0.05) is 25.1 Å². The lowest BCUT2D eigenvalue weighted by Crippen LogP contribution is -2.03. The predicted octanol–water partition coefficient (Wildman–Crippen LogP) is 3.34. The van der Waals surface area contributed by atoms with Gasteiger partial charge in [0.15, 0.2) is 0 Å². The van der Waals surface area contributed by atoms with Gasteiger partial charge in [-0.25, -0.2) is 4.98 Å². The monoisotopic (exact) mass is 247 g/mol. The quantitative estimate of drug-likeness (QED) is 0.496. The fraction of sp³-hybridized carbons (Fsp3) is 0.467. The van der Waals surface area contributed by atoms with Gasteiger partial charge in [0.25, 0.3) is 0 Å². The fourth-order valence-corrected chi connectivity index (χ4v) is 1.74. The van der Waals surface area contributed by atoms with Crippen molar-refractivity contribution >= 4 is 5.78 Å². The number of methoxy groups -OCH3 is 1. The van der Waals surface area contributed by atoms with Gasteiger partial charge in [-0.15, -0.1) is 6.58 Å². The third-order valence-electron chi connectivity index (χ3n) is 2.77. The number of unbranched alkanes of at least 4 members (excludes halogenated alkanes) is 3. The number of ether oxygens (including phenoxy) is 1. The van der Waals surface area contributed by atoms with Gasteiger partial charge in [-0.3, -0.25) is 4.79 Å². The lowest BCUT2D eigenvalue weighted by atomic mass is 10.0. The summed E-state index contributed by atoms with van der Waals surface area (Å²) in [6.07, 6.45) is 8.98. The van der Waals surface area contributed by atoms with Crippen LogP contribution in [0.25, 0.3) is 0 Å². The zero-order chi connectivity index (χ0) is 13.2. The summed E-state index contributed by atoms with van der Waals surface area (Å²) >= 11 is 0. The zero-order valence-corrected chi connectivity index (χ0v) is 11.0. The molecule has 0 N–H and O–H groups in total. The van der Waals surface area contributed by atoms with Crippen LogP contribution >= 0.6 is 0 Å². The van der Waals surface area contributed by atoms with Crippen molar-refractivity contribution in [1.82, 2.24) is 4.98 Å². The molecule has 0 saturated heterocycles. The van der Waals surface area contributed by atoms with E-state index in [9.17, 15) is 4.79 Å². The molecule has 0 fully saturated rings. The molecule has 0 spiro atoms. The van der Waals surface area contributed by atoms with Crippen molar-refractivity contribution in [2.75, 3.05) is 7.11 Å². The highest BCUT2D eigenvalue weighted by Crippen LogP contribution is 2.10. The van der Waals surface area contributed by atoms with Crippen LogP contribution in [0.5, 0.6) is 5.88 Å². The molecule has 1 aromatic rings. The second-order valence-corrected chi connectivity index (χ2v) is 4.31. The first-order valence-corrected chi connectivity index (χ1v) is 6.37. The van der Waals surface area contributed by atoms with E-state index in [1.165, 1.54) is 0 Å². The Morgan fingerprint density at radius 2 is 2.22 bits per heavy atom. The summed E-state index contributed by atoms with van der Waals surface area (Å²) in [5, 5.41) is 0. The number of ketones is 1. The van der Waals surface area contributed by atoms with Crippen LogP contribution in [0, 0.1) is 0 Å². The van der Waals surface area contributed by atoms with Crippen LogP contribution in [0.3, 0.4) is 0 Å². The normalized spacial score (nSPS) is 10.1. The molecule has 0 aliphatic heterocycles. The minimum atomic E-state index is 0.278. The van der Waals surface area contributed by atoms with Crippen molar-refractivity contribution in [3.8, 4) is 5.88 Å². The smallest absolute Gasteiger partial charge is 0.212 e. The average Bonchev–Trinajstić information content (AvgIpc) is 2.39. The van der Waals surface area contributed by atoms with Crippen LogP contribution in [0.4, 0.5) is 0 Å². The Labute approximate surface area is 109 Å². The molecule has 0 atom stereocenters. The summed E-state index contributed by atoms with van der Waals surface area (Å²) in [7, 11) is 1.58. The molecule has 0 amide bonds. The molecule has 1 aromatic heterocycles. The van der Waals surface area contributed by atoms with E-state index in [2.05, 4.69) is 11.6 Å². The van der Waals surface area contributed by atoms with E-state index in [-0.39, 0.29) is 5.78 Å². The molecule has 0 radical (unpaired) electrons. The van der Waals surface area contributed by atoms with Crippen LogP contribution in [0.15, 0.2) is 31.0 Å². The van der Waals surface area contributed by atoms with E-state index in [1.807, 2.05) is 12.1 Å². The van der Waals surface area contributed by atoms with Gasteiger partial charge < -0.3 is 4.74 Å². The van der Waals surface area contributed by atoms with Crippen LogP contribution < -0.4 is 4.74 Å². The van der Waals surface area contributed by atoms with Crippen molar-refractivity contribution in [3.63, 3.8) is 0 Å². The third kappa shape index (κ3) is 5.62. The Morgan fingerprint density at radius 1 is 1.39 bits per heavy atom. The van der Waals surface area contributed by atoms with Gasteiger partial charge >= 0.3 is 0 Å². The number of hydrogen-bond donors (Lipinski definition) is 0. The molecule has 0 saturated carbocycles. The van der Waals surface area contributed by atoms with E-state index in [4.69, 9.17) is 4.74 Å². The van der Waals surface area contributed by atoms with Gasteiger partial charge in [-0.2, -0.15) is 0 Å². The Bertz CT molecular complexity index is 371. The highest BCUT2D eigenvalue weighted by Gasteiger charge is 2.04. The number of nitrogens with zero attached hydrogens (tertiary/aromatic N) is 1. The van der Waals surface area contributed by atoms with E-state index < -0.39 is 0 Å². The number of allylic oxidation sites excluding steroid dienone is 1. The molecule has 0 aliphatic rings. The highest BCUT2D eigenvalue weighted by atomic mass is 16.5. The molecular formula is C15H21NO2. The Morgan fingerprint density at radius 3 is 2.83 bits per heavy atom. The zero-order valence-electron chi connectivity index (χ0n) is 11.0. The highest BCUT2D eigenvalue weighted by molar-refractivity contribution is 5.80. The predicted molar refractivity (Wildman–Crippen MR) is 72.8 cm³/mol. The van der Waals surface area contributed by atoms with E-state index >= 15 is 0 Å². The van der Waals surface area contributed by atoms with Crippen LogP contribution in [-0.2, 0) is 11.2 Å². The maximum atomic E-state index is 11.7. The largest absolute Gasteiger partial charge is 0.481 e. The van der Waals surface area contributed by atoms with Gasteiger partial charge in [0.1, 0.15) is 5.78 Å². The molecule has 0 aromatic carbocycles. The molecule has 0 bridgehead atoms. The number of pyridine rings is 1. The van der Waals surface area contributed by atoms with Crippen LogP contribution in [0.1, 0.15) is 37.7 Å². The minimum absolute atomic E-state index is 0.278. The first kappa shape index (κ1) is 14.4. The van der Waals surface area contributed by atoms with Crippen molar-refractivity contribution in [2.24, 2.45) is 0 Å². The summed E-state index contributed by atoms with van der Waals surface area (Å²) in [5.41, 5.74) is 0.951. The molecule has 1 rings (SSSR count). The second-order valence-electron chi connectivity index (χ2n) is 4.31. The Hall–Kier alpha value is -1.64. The first-order valence-electron chi connectivity index (χ1n) is 6.37. The van der Waals surface area contributed by atoms with Gasteiger partial charge in [0.2, 0.25) is 5.88 Å². The summed E-state index contributed by atoms with van der Waals surface area (Å²) < 4.78 is 4.97. The molecule has 3 heteroatoms. The summed E-state index contributed by atoms with van der Waals surface area (Å²) in [4.78, 5) is 15.8. The number of carbonyl (C=O) groups is 1. The first-order chi connectivity index (χ1) is 8.76. The van der Waals surface area contributed by atoms with E-state index in [0.29, 0.717) is 18.7 Å². The van der Waals surface area contributed by atoms with Crippen LogP contribution in [0.2, 0.25) is 0 Å².